The minimum atomic E-state index is 0.624. The SMILES string of the molecule is CCc1cc(C)nc(Cc2ccc(OC)c(OCC3CN(CC4CC4)C3)c2)n1. The molecule has 1 saturated heterocycles. The number of hydrogen-bond acceptors (Lipinski definition) is 5. The van der Waals surface area contributed by atoms with Crippen LogP contribution in [0.5, 0.6) is 11.5 Å². The first kappa shape index (κ1) is 19.2. The zero-order chi connectivity index (χ0) is 19.5. The van der Waals surface area contributed by atoms with Crippen molar-refractivity contribution in [3.63, 3.8) is 0 Å². The third-order valence-corrected chi connectivity index (χ3v) is 5.63. The minimum absolute atomic E-state index is 0.624. The molecule has 28 heavy (non-hydrogen) atoms. The van der Waals surface area contributed by atoms with Crippen LogP contribution < -0.4 is 9.47 Å². The second kappa shape index (κ2) is 8.48. The molecule has 2 aromatic rings. The maximum Gasteiger partial charge on any atom is 0.161 e. The van der Waals surface area contributed by atoms with Crippen LogP contribution in [0.4, 0.5) is 0 Å². The summed E-state index contributed by atoms with van der Waals surface area (Å²) in [5, 5.41) is 0. The van der Waals surface area contributed by atoms with E-state index in [0.29, 0.717) is 12.3 Å². The van der Waals surface area contributed by atoms with E-state index >= 15 is 0 Å². The number of aryl methyl sites for hydroxylation is 2. The van der Waals surface area contributed by atoms with Crippen LogP contribution in [0.15, 0.2) is 24.3 Å². The molecule has 0 bridgehead atoms. The lowest BCUT2D eigenvalue weighted by molar-refractivity contribution is 0.0575. The highest BCUT2D eigenvalue weighted by molar-refractivity contribution is 5.43. The van der Waals surface area contributed by atoms with Crippen molar-refractivity contribution in [1.29, 1.82) is 0 Å². The Kier molecular flexibility index (Phi) is 5.81. The van der Waals surface area contributed by atoms with E-state index in [1.165, 1.54) is 19.4 Å². The molecule has 2 heterocycles. The molecule has 4 rings (SSSR count). The van der Waals surface area contributed by atoms with Gasteiger partial charge in [0.15, 0.2) is 11.5 Å². The molecule has 0 amide bonds. The summed E-state index contributed by atoms with van der Waals surface area (Å²) in [6, 6.07) is 8.19. The van der Waals surface area contributed by atoms with E-state index in [1.54, 1.807) is 7.11 Å². The number of methoxy groups -OCH3 is 1. The van der Waals surface area contributed by atoms with Gasteiger partial charge in [-0.2, -0.15) is 0 Å². The molecule has 0 unspecified atom stereocenters. The first-order valence-electron chi connectivity index (χ1n) is 10.5. The average Bonchev–Trinajstić information content (AvgIpc) is 3.47. The number of nitrogens with zero attached hydrogens (tertiary/aromatic N) is 3. The predicted octanol–water partition coefficient (Wildman–Crippen LogP) is 3.67. The summed E-state index contributed by atoms with van der Waals surface area (Å²) in [5.41, 5.74) is 3.26. The number of benzene rings is 1. The Balaban J connectivity index is 1.37. The molecule has 1 aromatic carbocycles. The number of hydrogen-bond donors (Lipinski definition) is 0. The van der Waals surface area contributed by atoms with E-state index < -0.39 is 0 Å². The lowest BCUT2D eigenvalue weighted by Gasteiger charge is -2.39. The second-order valence-electron chi connectivity index (χ2n) is 8.27. The van der Waals surface area contributed by atoms with E-state index in [2.05, 4.69) is 40.0 Å². The summed E-state index contributed by atoms with van der Waals surface area (Å²) in [4.78, 5) is 11.8. The van der Waals surface area contributed by atoms with Crippen molar-refractivity contribution >= 4 is 0 Å². The lowest BCUT2D eigenvalue weighted by Crippen LogP contribution is -2.49. The zero-order valence-electron chi connectivity index (χ0n) is 17.3. The molecule has 1 saturated carbocycles. The second-order valence-corrected chi connectivity index (χ2v) is 8.27. The highest BCUT2D eigenvalue weighted by atomic mass is 16.5. The molecule has 0 spiro atoms. The van der Waals surface area contributed by atoms with Crippen molar-refractivity contribution in [2.75, 3.05) is 33.4 Å². The molecule has 5 nitrogen and oxygen atoms in total. The third kappa shape index (κ3) is 4.82. The van der Waals surface area contributed by atoms with Gasteiger partial charge in [0.2, 0.25) is 0 Å². The van der Waals surface area contributed by atoms with Crippen molar-refractivity contribution < 1.29 is 9.47 Å². The Morgan fingerprint density at radius 2 is 1.89 bits per heavy atom. The van der Waals surface area contributed by atoms with Crippen LogP contribution in [-0.2, 0) is 12.8 Å². The van der Waals surface area contributed by atoms with Gasteiger partial charge in [-0.1, -0.05) is 13.0 Å². The predicted molar refractivity (Wildman–Crippen MR) is 110 cm³/mol. The van der Waals surface area contributed by atoms with Crippen LogP contribution >= 0.6 is 0 Å². The maximum atomic E-state index is 6.16. The molecule has 0 N–H and O–H groups in total. The quantitative estimate of drug-likeness (QED) is 0.663. The monoisotopic (exact) mass is 381 g/mol. The van der Waals surface area contributed by atoms with E-state index in [1.807, 2.05) is 13.0 Å². The van der Waals surface area contributed by atoms with Crippen molar-refractivity contribution in [2.45, 2.75) is 39.5 Å². The van der Waals surface area contributed by atoms with Crippen molar-refractivity contribution in [1.82, 2.24) is 14.9 Å². The molecule has 1 aromatic heterocycles. The summed E-state index contributed by atoms with van der Waals surface area (Å²) in [7, 11) is 1.69. The van der Waals surface area contributed by atoms with Crippen LogP contribution in [-0.4, -0.2) is 48.2 Å². The van der Waals surface area contributed by atoms with Gasteiger partial charge in [0.05, 0.1) is 13.7 Å². The van der Waals surface area contributed by atoms with Gasteiger partial charge in [-0.25, -0.2) is 9.97 Å². The van der Waals surface area contributed by atoms with Gasteiger partial charge in [0.1, 0.15) is 5.82 Å². The van der Waals surface area contributed by atoms with E-state index in [9.17, 15) is 0 Å². The normalized spacial score (nSPS) is 17.4. The highest BCUT2D eigenvalue weighted by Gasteiger charge is 2.32. The van der Waals surface area contributed by atoms with Gasteiger partial charge < -0.3 is 14.4 Å². The minimum Gasteiger partial charge on any atom is -0.493 e. The Morgan fingerprint density at radius 1 is 1.07 bits per heavy atom. The van der Waals surface area contributed by atoms with Crippen molar-refractivity contribution in [2.24, 2.45) is 11.8 Å². The van der Waals surface area contributed by atoms with Crippen molar-refractivity contribution in [3.8, 4) is 11.5 Å². The van der Waals surface area contributed by atoms with Gasteiger partial charge in [-0.3, -0.25) is 0 Å². The topological polar surface area (TPSA) is 47.5 Å². The smallest absolute Gasteiger partial charge is 0.161 e. The molecule has 2 fully saturated rings. The fourth-order valence-electron chi connectivity index (χ4n) is 3.89. The Labute approximate surface area is 168 Å². The number of ether oxygens (including phenoxy) is 2. The lowest BCUT2D eigenvalue weighted by atomic mass is 10.0. The van der Waals surface area contributed by atoms with Crippen LogP contribution in [0.2, 0.25) is 0 Å². The Morgan fingerprint density at radius 3 is 2.61 bits per heavy atom. The standard InChI is InChI=1S/C23H31N3O2/c1-4-20-9-16(2)24-23(25-20)11-18-7-8-21(27-3)22(10-18)28-15-19-13-26(14-19)12-17-5-6-17/h7-10,17,19H,4-6,11-15H2,1-3H3. The molecule has 2 aliphatic rings. The summed E-state index contributed by atoms with van der Waals surface area (Å²) in [6.07, 6.45) is 4.47. The van der Waals surface area contributed by atoms with Gasteiger partial charge in [-0.15, -0.1) is 0 Å². The summed E-state index contributed by atoms with van der Waals surface area (Å²) >= 11 is 0. The largest absolute Gasteiger partial charge is 0.493 e. The van der Waals surface area contributed by atoms with Crippen LogP contribution in [0.1, 0.15) is 42.5 Å². The first-order valence-corrected chi connectivity index (χ1v) is 10.5. The van der Waals surface area contributed by atoms with Gasteiger partial charge >= 0.3 is 0 Å². The van der Waals surface area contributed by atoms with Gasteiger partial charge in [-0.05, 0) is 55.9 Å². The fourth-order valence-corrected chi connectivity index (χ4v) is 3.89. The Bertz CT molecular complexity index is 813. The zero-order valence-corrected chi connectivity index (χ0v) is 17.3. The van der Waals surface area contributed by atoms with Gasteiger partial charge in [0, 0.05) is 43.4 Å². The number of aromatic nitrogens is 2. The fraction of sp³-hybridized carbons (Fsp3) is 0.565. The summed E-state index contributed by atoms with van der Waals surface area (Å²) in [6.45, 7) is 8.51. The van der Waals surface area contributed by atoms with Crippen LogP contribution in [0, 0.1) is 18.8 Å². The van der Waals surface area contributed by atoms with E-state index in [-0.39, 0.29) is 0 Å². The highest BCUT2D eigenvalue weighted by Crippen LogP contribution is 2.33. The maximum absolute atomic E-state index is 6.16. The number of likely N-dealkylation sites (tertiary alicyclic amines) is 1. The molecular weight excluding hydrogens is 350 g/mol. The average molecular weight is 382 g/mol. The van der Waals surface area contributed by atoms with Crippen LogP contribution in [0.25, 0.3) is 0 Å². The van der Waals surface area contributed by atoms with Gasteiger partial charge in [0.25, 0.3) is 0 Å². The molecular formula is C23H31N3O2. The summed E-state index contributed by atoms with van der Waals surface area (Å²) < 4.78 is 11.7. The molecule has 1 aliphatic heterocycles. The number of rotatable bonds is 9. The molecule has 0 radical (unpaired) electrons. The molecule has 5 heteroatoms. The third-order valence-electron chi connectivity index (χ3n) is 5.63. The first-order chi connectivity index (χ1) is 13.6. The molecule has 150 valence electrons. The summed E-state index contributed by atoms with van der Waals surface area (Å²) in [5.74, 6) is 4.07. The van der Waals surface area contributed by atoms with Crippen LogP contribution in [0.3, 0.4) is 0 Å². The van der Waals surface area contributed by atoms with Crippen molar-refractivity contribution in [3.05, 3.63) is 47.0 Å². The molecule has 0 atom stereocenters. The van der Waals surface area contributed by atoms with E-state index in [0.717, 1.165) is 66.3 Å². The van der Waals surface area contributed by atoms with E-state index in [4.69, 9.17) is 9.47 Å². The Hall–Kier alpha value is -2.14. The molecule has 1 aliphatic carbocycles.